The van der Waals surface area contributed by atoms with Gasteiger partial charge < -0.3 is 14.2 Å². The van der Waals surface area contributed by atoms with Gasteiger partial charge in [-0.05, 0) is 31.1 Å². The molecule has 428 valence electrons. The van der Waals surface area contributed by atoms with E-state index in [4.69, 9.17) is 14.2 Å². The van der Waals surface area contributed by atoms with Crippen molar-refractivity contribution in [2.45, 2.75) is 381 Å². The molecule has 0 rings (SSSR count). The van der Waals surface area contributed by atoms with E-state index >= 15 is 0 Å². The van der Waals surface area contributed by atoms with Crippen LogP contribution in [0.5, 0.6) is 0 Å². The predicted molar refractivity (Wildman–Crippen MR) is 312 cm³/mol. The summed E-state index contributed by atoms with van der Waals surface area (Å²) in [7, 11) is 0. The van der Waals surface area contributed by atoms with Gasteiger partial charge in [0.05, 0.1) is 0 Å². The quantitative estimate of drug-likeness (QED) is 0.0343. The van der Waals surface area contributed by atoms with E-state index in [-0.39, 0.29) is 31.1 Å². The molecule has 6 nitrogen and oxygen atoms in total. The van der Waals surface area contributed by atoms with Crippen LogP contribution < -0.4 is 0 Å². The molecule has 0 aromatic heterocycles. The zero-order valence-corrected chi connectivity index (χ0v) is 49.6. The molecule has 0 aliphatic heterocycles. The van der Waals surface area contributed by atoms with Gasteiger partial charge in [0, 0.05) is 19.3 Å². The molecule has 0 radical (unpaired) electrons. The molecule has 0 spiro atoms. The average molecular weight is 1020 g/mol. The minimum atomic E-state index is -0.763. The van der Waals surface area contributed by atoms with Crippen LogP contribution in [0.15, 0.2) is 0 Å². The van der Waals surface area contributed by atoms with Crippen LogP contribution in [0.4, 0.5) is 0 Å². The summed E-state index contributed by atoms with van der Waals surface area (Å²) in [5, 5.41) is 0. The van der Waals surface area contributed by atoms with Gasteiger partial charge in [0.25, 0.3) is 0 Å². The number of esters is 3. The van der Waals surface area contributed by atoms with Crippen LogP contribution >= 0.6 is 0 Å². The van der Waals surface area contributed by atoms with Gasteiger partial charge >= 0.3 is 17.9 Å². The van der Waals surface area contributed by atoms with E-state index in [0.717, 1.165) is 69.6 Å². The second-order valence-corrected chi connectivity index (χ2v) is 23.7. The number of carbonyl (C=O) groups excluding carboxylic acids is 3. The van der Waals surface area contributed by atoms with Crippen LogP contribution in [-0.2, 0) is 28.6 Å². The summed E-state index contributed by atoms with van der Waals surface area (Å²) in [6.45, 7) is 11.5. The van der Waals surface area contributed by atoms with Crippen molar-refractivity contribution in [2.24, 2.45) is 11.8 Å². The molecular formula is C66H128O6. The first-order valence-electron chi connectivity index (χ1n) is 32.7. The fourth-order valence-corrected chi connectivity index (χ4v) is 10.3. The van der Waals surface area contributed by atoms with E-state index in [0.29, 0.717) is 19.3 Å². The summed E-state index contributed by atoms with van der Waals surface area (Å²) < 4.78 is 17.0. The van der Waals surface area contributed by atoms with Crippen LogP contribution in [0.25, 0.3) is 0 Å². The van der Waals surface area contributed by atoms with Gasteiger partial charge in [-0.1, -0.05) is 336 Å². The maximum atomic E-state index is 12.9. The molecule has 0 fully saturated rings. The van der Waals surface area contributed by atoms with E-state index < -0.39 is 6.10 Å². The Labute approximate surface area is 450 Å². The molecule has 0 aliphatic carbocycles. The lowest BCUT2D eigenvalue weighted by Gasteiger charge is -2.18. The monoisotopic (exact) mass is 1020 g/mol. The van der Waals surface area contributed by atoms with Crippen molar-refractivity contribution in [3.63, 3.8) is 0 Å². The van der Waals surface area contributed by atoms with Gasteiger partial charge in [-0.3, -0.25) is 14.4 Å². The third-order valence-electron chi connectivity index (χ3n) is 15.2. The van der Waals surface area contributed by atoms with Crippen LogP contribution in [0.1, 0.15) is 375 Å². The number of unbranched alkanes of at least 4 members (excludes halogenated alkanes) is 45. The van der Waals surface area contributed by atoms with Gasteiger partial charge in [-0.15, -0.1) is 0 Å². The topological polar surface area (TPSA) is 78.9 Å². The van der Waals surface area contributed by atoms with Crippen LogP contribution in [0.3, 0.4) is 0 Å². The summed E-state index contributed by atoms with van der Waals surface area (Å²) in [5.74, 6) is 0.879. The standard InChI is InChI=1S/C66H128O6/c1-6-7-8-9-10-11-12-13-19-28-33-38-43-48-53-58-66(69)72-63(60-71-65(68)57-52-47-42-37-32-27-23-18-21-25-30-35-40-45-50-55-62(4)5)59-70-64(67)56-51-46-41-36-31-26-22-17-15-14-16-20-24-29-34-39-44-49-54-61(2)3/h61-63H,6-60H2,1-5H3/t63-/m1/s1. The summed E-state index contributed by atoms with van der Waals surface area (Å²) in [6, 6.07) is 0. The molecule has 72 heavy (non-hydrogen) atoms. The van der Waals surface area contributed by atoms with E-state index in [9.17, 15) is 14.4 Å². The number of rotatable bonds is 60. The van der Waals surface area contributed by atoms with Crippen molar-refractivity contribution in [3.8, 4) is 0 Å². The second-order valence-electron chi connectivity index (χ2n) is 23.7. The molecule has 0 aromatic rings. The van der Waals surface area contributed by atoms with Crippen LogP contribution in [-0.4, -0.2) is 37.2 Å². The van der Waals surface area contributed by atoms with Crippen LogP contribution in [0, 0.1) is 11.8 Å². The van der Waals surface area contributed by atoms with E-state index in [1.165, 1.54) is 263 Å². The summed E-state index contributed by atoms with van der Waals surface area (Å²) in [4.78, 5) is 38.3. The largest absolute Gasteiger partial charge is 0.462 e. The molecule has 0 saturated carbocycles. The van der Waals surface area contributed by atoms with Gasteiger partial charge in [0.1, 0.15) is 13.2 Å². The number of carbonyl (C=O) groups is 3. The Kier molecular flexibility index (Phi) is 57.4. The summed E-state index contributed by atoms with van der Waals surface area (Å²) in [5.41, 5.74) is 0. The average Bonchev–Trinajstić information content (AvgIpc) is 3.36. The Morgan fingerprint density at radius 1 is 0.264 bits per heavy atom. The third-order valence-corrected chi connectivity index (χ3v) is 15.2. The molecule has 0 heterocycles. The fraction of sp³-hybridized carbons (Fsp3) is 0.955. The van der Waals surface area contributed by atoms with Crippen molar-refractivity contribution in [1.29, 1.82) is 0 Å². The van der Waals surface area contributed by atoms with Crippen molar-refractivity contribution < 1.29 is 28.6 Å². The number of hydrogen-bond donors (Lipinski definition) is 0. The highest BCUT2D eigenvalue weighted by molar-refractivity contribution is 5.71. The zero-order valence-electron chi connectivity index (χ0n) is 49.6. The minimum absolute atomic E-state index is 0.0616. The Hall–Kier alpha value is -1.59. The maximum absolute atomic E-state index is 12.9. The first kappa shape index (κ1) is 70.4. The Morgan fingerprint density at radius 3 is 0.681 bits per heavy atom. The summed E-state index contributed by atoms with van der Waals surface area (Å²) >= 11 is 0. The maximum Gasteiger partial charge on any atom is 0.306 e. The normalized spacial score (nSPS) is 12.0. The molecule has 0 amide bonds. The Bertz CT molecular complexity index is 1100. The molecule has 0 bridgehead atoms. The van der Waals surface area contributed by atoms with E-state index in [1.807, 2.05) is 0 Å². The van der Waals surface area contributed by atoms with E-state index in [1.54, 1.807) is 0 Å². The molecule has 0 N–H and O–H groups in total. The lowest BCUT2D eigenvalue weighted by atomic mass is 10.0. The first-order chi connectivity index (χ1) is 35.2. The molecule has 0 unspecified atom stereocenters. The Morgan fingerprint density at radius 2 is 0.458 bits per heavy atom. The molecule has 1 atom stereocenters. The second kappa shape index (κ2) is 58.7. The predicted octanol–water partition coefficient (Wildman–Crippen LogP) is 22.0. The SMILES string of the molecule is CCCCCCCCCCCCCCCCCC(=O)O[C@H](COC(=O)CCCCCCCCCCCCCCCCCCCCC(C)C)COC(=O)CCCCCCCCCCCCCCCCCC(C)C. The molecule has 0 aromatic carbocycles. The van der Waals surface area contributed by atoms with Crippen LogP contribution in [0.2, 0.25) is 0 Å². The number of ether oxygens (including phenoxy) is 3. The molecule has 0 saturated heterocycles. The lowest BCUT2D eigenvalue weighted by molar-refractivity contribution is -0.167. The first-order valence-corrected chi connectivity index (χ1v) is 32.7. The van der Waals surface area contributed by atoms with E-state index in [2.05, 4.69) is 34.6 Å². The smallest absolute Gasteiger partial charge is 0.306 e. The van der Waals surface area contributed by atoms with Gasteiger partial charge in [-0.2, -0.15) is 0 Å². The molecule has 6 heteroatoms. The fourth-order valence-electron chi connectivity index (χ4n) is 10.3. The zero-order chi connectivity index (χ0) is 52.5. The highest BCUT2D eigenvalue weighted by Crippen LogP contribution is 2.19. The molecule has 0 aliphatic rings. The highest BCUT2D eigenvalue weighted by Gasteiger charge is 2.19. The van der Waals surface area contributed by atoms with Crippen molar-refractivity contribution >= 4 is 17.9 Å². The van der Waals surface area contributed by atoms with Gasteiger partial charge in [0.2, 0.25) is 0 Å². The van der Waals surface area contributed by atoms with Gasteiger partial charge in [-0.25, -0.2) is 0 Å². The molecular weight excluding hydrogens is 889 g/mol. The highest BCUT2D eigenvalue weighted by atomic mass is 16.6. The summed E-state index contributed by atoms with van der Waals surface area (Å²) in [6.07, 6.45) is 65.3. The van der Waals surface area contributed by atoms with Gasteiger partial charge in [0.15, 0.2) is 6.10 Å². The minimum Gasteiger partial charge on any atom is -0.462 e. The Balaban J connectivity index is 4.26. The van der Waals surface area contributed by atoms with Crippen molar-refractivity contribution in [3.05, 3.63) is 0 Å². The van der Waals surface area contributed by atoms with Crippen molar-refractivity contribution in [2.75, 3.05) is 13.2 Å². The van der Waals surface area contributed by atoms with Crippen molar-refractivity contribution in [1.82, 2.24) is 0 Å². The number of hydrogen-bond acceptors (Lipinski definition) is 6. The lowest BCUT2D eigenvalue weighted by Crippen LogP contribution is -2.30. The third kappa shape index (κ3) is 59.3.